The molecule has 3 rings (SSSR count). The number of benzene rings is 2. The van der Waals surface area contributed by atoms with Gasteiger partial charge in [-0.05, 0) is 18.6 Å². The van der Waals surface area contributed by atoms with E-state index in [1.165, 1.54) is 11.6 Å². The van der Waals surface area contributed by atoms with Gasteiger partial charge in [-0.2, -0.15) is 5.10 Å². The first-order valence-electron chi connectivity index (χ1n) is 8.91. The Morgan fingerprint density at radius 3 is 2.59 bits per heavy atom. The lowest BCUT2D eigenvalue weighted by atomic mass is 10.1. The van der Waals surface area contributed by atoms with Crippen molar-refractivity contribution in [3.8, 4) is 11.3 Å². The number of aryl methyl sites for hydroxylation is 1. The minimum Gasteiger partial charge on any atom is -0.395 e. The molecule has 138 valence electrons. The Kier molecular flexibility index (Phi) is 6.18. The SMILES string of the molecule is Cc1ccc(-c2nn(Cc3ccccc3)cc2/C=C/C(=O)NCCO)cc1. The Balaban J connectivity index is 1.90. The monoisotopic (exact) mass is 361 g/mol. The first kappa shape index (κ1) is 18.6. The predicted octanol–water partition coefficient (Wildman–Crippen LogP) is 3.03. The third kappa shape index (κ3) is 5.15. The Morgan fingerprint density at radius 1 is 1.15 bits per heavy atom. The van der Waals surface area contributed by atoms with Crippen molar-refractivity contribution in [2.75, 3.05) is 13.2 Å². The summed E-state index contributed by atoms with van der Waals surface area (Å²) >= 11 is 0. The number of amides is 1. The molecule has 3 aromatic rings. The lowest BCUT2D eigenvalue weighted by Gasteiger charge is -2.02. The molecule has 0 unspecified atom stereocenters. The summed E-state index contributed by atoms with van der Waals surface area (Å²) in [5.41, 5.74) is 5.04. The van der Waals surface area contributed by atoms with Gasteiger partial charge in [0, 0.05) is 29.9 Å². The van der Waals surface area contributed by atoms with Gasteiger partial charge in [0.2, 0.25) is 5.91 Å². The highest BCUT2D eigenvalue weighted by molar-refractivity contribution is 5.92. The third-order valence-electron chi connectivity index (χ3n) is 4.13. The fourth-order valence-electron chi connectivity index (χ4n) is 2.75. The summed E-state index contributed by atoms with van der Waals surface area (Å²) < 4.78 is 1.88. The largest absolute Gasteiger partial charge is 0.395 e. The summed E-state index contributed by atoms with van der Waals surface area (Å²) in [5.74, 6) is -0.241. The molecular weight excluding hydrogens is 338 g/mol. The molecule has 1 aromatic heterocycles. The maximum atomic E-state index is 11.8. The molecule has 0 bridgehead atoms. The molecule has 5 nitrogen and oxygen atoms in total. The number of nitrogens with zero attached hydrogens (tertiary/aromatic N) is 2. The van der Waals surface area contributed by atoms with Crippen LogP contribution in [0.15, 0.2) is 66.9 Å². The molecule has 1 amide bonds. The second-order valence-corrected chi connectivity index (χ2v) is 6.33. The van der Waals surface area contributed by atoms with Crippen LogP contribution in [0.3, 0.4) is 0 Å². The Labute approximate surface area is 159 Å². The summed E-state index contributed by atoms with van der Waals surface area (Å²) in [7, 11) is 0. The standard InChI is InChI=1S/C22H23N3O2/c1-17-7-9-19(10-8-17)22-20(11-12-21(27)23-13-14-26)16-25(24-22)15-18-5-3-2-4-6-18/h2-12,16,26H,13-15H2,1H3,(H,23,27)/b12-11+. The van der Waals surface area contributed by atoms with Crippen molar-refractivity contribution in [1.29, 1.82) is 0 Å². The molecule has 0 aliphatic rings. The zero-order valence-corrected chi connectivity index (χ0v) is 15.3. The van der Waals surface area contributed by atoms with Crippen molar-refractivity contribution < 1.29 is 9.90 Å². The van der Waals surface area contributed by atoms with Crippen LogP contribution in [-0.2, 0) is 11.3 Å². The van der Waals surface area contributed by atoms with Gasteiger partial charge in [-0.25, -0.2) is 0 Å². The summed E-state index contributed by atoms with van der Waals surface area (Å²) in [6, 6.07) is 18.3. The smallest absolute Gasteiger partial charge is 0.244 e. The second-order valence-electron chi connectivity index (χ2n) is 6.33. The van der Waals surface area contributed by atoms with Gasteiger partial charge in [0.15, 0.2) is 0 Å². The third-order valence-corrected chi connectivity index (χ3v) is 4.13. The van der Waals surface area contributed by atoms with Crippen LogP contribution in [0.2, 0.25) is 0 Å². The molecular formula is C22H23N3O2. The van der Waals surface area contributed by atoms with E-state index >= 15 is 0 Å². The molecule has 0 atom stereocenters. The molecule has 27 heavy (non-hydrogen) atoms. The van der Waals surface area contributed by atoms with E-state index < -0.39 is 0 Å². The van der Waals surface area contributed by atoms with Gasteiger partial charge in [-0.1, -0.05) is 60.2 Å². The Morgan fingerprint density at radius 2 is 1.89 bits per heavy atom. The number of aliphatic hydroxyl groups is 1. The molecule has 0 aliphatic heterocycles. The van der Waals surface area contributed by atoms with Gasteiger partial charge in [0.25, 0.3) is 0 Å². The van der Waals surface area contributed by atoms with Crippen molar-refractivity contribution in [3.63, 3.8) is 0 Å². The molecule has 2 aromatic carbocycles. The lowest BCUT2D eigenvalue weighted by molar-refractivity contribution is -0.116. The number of hydrogen-bond donors (Lipinski definition) is 2. The maximum absolute atomic E-state index is 11.8. The zero-order valence-electron chi connectivity index (χ0n) is 15.3. The first-order chi connectivity index (χ1) is 13.2. The van der Waals surface area contributed by atoms with Crippen molar-refractivity contribution in [3.05, 3.63) is 83.6 Å². The molecule has 0 spiro atoms. The van der Waals surface area contributed by atoms with E-state index in [2.05, 4.69) is 17.4 Å². The van der Waals surface area contributed by atoms with Crippen molar-refractivity contribution in [2.24, 2.45) is 0 Å². The predicted molar refractivity (Wildman–Crippen MR) is 107 cm³/mol. The maximum Gasteiger partial charge on any atom is 0.244 e. The summed E-state index contributed by atoms with van der Waals surface area (Å²) in [4.78, 5) is 11.8. The van der Waals surface area contributed by atoms with Crippen LogP contribution in [0.5, 0.6) is 0 Å². The Hall–Kier alpha value is -3.18. The average Bonchev–Trinajstić information content (AvgIpc) is 3.08. The quantitative estimate of drug-likeness (QED) is 0.636. The highest BCUT2D eigenvalue weighted by atomic mass is 16.3. The highest BCUT2D eigenvalue weighted by Gasteiger charge is 2.10. The van der Waals surface area contributed by atoms with Gasteiger partial charge in [-0.15, -0.1) is 0 Å². The normalized spacial score (nSPS) is 11.0. The van der Waals surface area contributed by atoms with Crippen LogP contribution < -0.4 is 5.32 Å². The minimum atomic E-state index is -0.241. The van der Waals surface area contributed by atoms with E-state index in [4.69, 9.17) is 10.2 Å². The molecule has 0 radical (unpaired) electrons. The Bertz CT molecular complexity index is 912. The van der Waals surface area contributed by atoms with Crippen LogP contribution in [0.1, 0.15) is 16.7 Å². The fraction of sp³-hybridized carbons (Fsp3) is 0.182. The topological polar surface area (TPSA) is 67.2 Å². The van der Waals surface area contributed by atoms with Crippen LogP contribution in [0, 0.1) is 6.92 Å². The number of aromatic nitrogens is 2. The number of hydrogen-bond acceptors (Lipinski definition) is 3. The summed E-state index contributed by atoms with van der Waals surface area (Å²) in [5, 5.41) is 16.2. The average molecular weight is 361 g/mol. The molecule has 0 fully saturated rings. The van der Waals surface area contributed by atoms with Crippen LogP contribution in [0.4, 0.5) is 0 Å². The first-order valence-corrected chi connectivity index (χ1v) is 8.91. The van der Waals surface area contributed by atoms with Crippen LogP contribution >= 0.6 is 0 Å². The second kappa shape index (κ2) is 8.96. The number of nitrogens with one attached hydrogen (secondary N) is 1. The highest BCUT2D eigenvalue weighted by Crippen LogP contribution is 2.24. The van der Waals surface area contributed by atoms with Gasteiger partial charge >= 0.3 is 0 Å². The number of carbonyl (C=O) groups is 1. The van der Waals surface area contributed by atoms with Crippen molar-refractivity contribution in [1.82, 2.24) is 15.1 Å². The van der Waals surface area contributed by atoms with E-state index in [9.17, 15) is 4.79 Å². The van der Waals surface area contributed by atoms with Gasteiger partial charge in [0.1, 0.15) is 0 Å². The van der Waals surface area contributed by atoms with Crippen molar-refractivity contribution >= 4 is 12.0 Å². The molecule has 0 aliphatic carbocycles. The van der Waals surface area contributed by atoms with Crippen LogP contribution in [0.25, 0.3) is 17.3 Å². The lowest BCUT2D eigenvalue weighted by Crippen LogP contribution is -2.24. The number of carbonyl (C=O) groups excluding carboxylic acids is 1. The zero-order chi connectivity index (χ0) is 19.1. The fourth-order valence-corrected chi connectivity index (χ4v) is 2.75. The van der Waals surface area contributed by atoms with E-state index in [-0.39, 0.29) is 19.1 Å². The van der Waals surface area contributed by atoms with E-state index in [0.717, 1.165) is 22.4 Å². The minimum absolute atomic E-state index is 0.0802. The van der Waals surface area contributed by atoms with Gasteiger partial charge in [0.05, 0.1) is 18.8 Å². The number of aliphatic hydroxyl groups excluding tert-OH is 1. The van der Waals surface area contributed by atoms with Gasteiger partial charge in [-0.3, -0.25) is 9.48 Å². The molecule has 0 saturated carbocycles. The summed E-state index contributed by atoms with van der Waals surface area (Å²) in [6.07, 6.45) is 5.17. The number of rotatable bonds is 7. The van der Waals surface area contributed by atoms with E-state index in [1.807, 2.05) is 60.3 Å². The van der Waals surface area contributed by atoms with Crippen molar-refractivity contribution in [2.45, 2.75) is 13.5 Å². The molecule has 0 saturated heterocycles. The molecule has 5 heteroatoms. The molecule has 2 N–H and O–H groups in total. The van der Waals surface area contributed by atoms with Gasteiger partial charge < -0.3 is 10.4 Å². The summed E-state index contributed by atoms with van der Waals surface area (Å²) in [6.45, 7) is 2.86. The molecule has 1 heterocycles. The van der Waals surface area contributed by atoms with Crippen LogP contribution in [-0.4, -0.2) is 33.9 Å². The van der Waals surface area contributed by atoms with E-state index in [0.29, 0.717) is 6.54 Å². The van der Waals surface area contributed by atoms with E-state index in [1.54, 1.807) is 6.08 Å².